The van der Waals surface area contributed by atoms with Crippen molar-refractivity contribution in [3.05, 3.63) is 81.9 Å². The molecule has 2 aliphatic heterocycles. The molecule has 2 heterocycles. The minimum Gasteiger partial charge on any atom is -0.508 e. The molecule has 0 aromatic heterocycles. The maximum Gasteiger partial charge on any atom is 0.119 e. The Morgan fingerprint density at radius 1 is 0.833 bits per heavy atom. The third-order valence-corrected chi connectivity index (χ3v) is 8.00. The van der Waals surface area contributed by atoms with E-state index in [1.807, 2.05) is 25.1 Å². The molecular weight excluding hydrogens is 468 g/mol. The molecule has 3 aromatic rings. The SMILES string of the molecule is Cc1c(O)ccc(Cc2ccc(CN3CCCC3)c(Cl)c2)c1-c1ccc(OCCN2CCCC2)cc1. The van der Waals surface area contributed by atoms with Crippen LogP contribution in [0.3, 0.4) is 0 Å². The Morgan fingerprint density at radius 2 is 1.50 bits per heavy atom. The van der Waals surface area contributed by atoms with E-state index in [0.29, 0.717) is 12.4 Å². The third-order valence-electron chi connectivity index (χ3n) is 7.65. The first kappa shape index (κ1) is 25.1. The largest absolute Gasteiger partial charge is 0.508 e. The van der Waals surface area contributed by atoms with E-state index in [9.17, 15) is 5.11 Å². The molecule has 0 saturated carbocycles. The molecule has 1 N–H and O–H groups in total. The normalized spacial score (nSPS) is 16.6. The number of ether oxygens (including phenoxy) is 1. The van der Waals surface area contributed by atoms with Gasteiger partial charge in [-0.15, -0.1) is 0 Å². The number of hydrogen-bond donors (Lipinski definition) is 1. The molecule has 2 aliphatic rings. The van der Waals surface area contributed by atoms with Crippen LogP contribution in [0.2, 0.25) is 5.02 Å². The number of aromatic hydroxyl groups is 1. The van der Waals surface area contributed by atoms with Crippen molar-refractivity contribution >= 4 is 11.6 Å². The summed E-state index contributed by atoms with van der Waals surface area (Å²) in [7, 11) is 0. The van der Waals surface area contributed by atoms with Crippen LogP contribution < -0.4 is 4.74 Å². The van der Waals surface area contributed by atoms with E-state index in [2.05, 4.69) is 40.1 Å². The van der Waals surface area contributed by atoms with E-state index >= 15 is 0 Å². The zero-order valence-electron chi connectivity index (χ0n) is 21.3. The lowest BCUT2D eigenvalue weighted by atomic mass is 9.90. The molecule has 0 aliphatic carbocycles. The van der Waals surface area contributed by atoms with Crippen LogP contribution in [-0.2, 0) is 13.0 Å². The third kappa shape index (κ3) is 6.05. The highest BCUT2D eigenvalue weighted by Crippen LogP contribution is 2.35. The summed E-state index contributed by atoms with van der Waals surface area (Å²) in [6, 6.07) is 18.6. The van der Waals surface area contributed by atoms with Gasteiger partial charge in [-0.25, -0.2) is 0 Å². The van der Waals surface area contributed by atoms with Crippen LogP contribution in [0, 0.1) is 6.92 Å². The Labute approximate surface area is 220 Å². The molecule has 0 radical (unpaired) electrons. The number of nitrogens with zero attached hydrogens (tertiary/aromatic N) is 2. The first-order valence-electron chi connectivity index (χ1n) is 13.3. The van der Waals surface area contributed by atoms with Gasteiger partial charge in [0.25, 0.3) is 0 Å². The second-order valence-electron chi connectivity index (χ2n) is 10.3. The summed E-state index contributed by atoms with van der Waals surface area (Å²) in [5.41, 5.74) is 6.62. The topological polar surface area (TPSA) is 35.9 Å². The standard InChI is InChI=1S/C31H37ClN2O2/c1-23-30(35)13-10-26(20-24-6-7-27(29(32)21-24)22-34-16-4-5-17-34)31(23)25-8-11-28(12-9-25)36-19-18-33-14-2-3-15-33/h6-13,21,35H,2-5,14-20,22H2,1H3. The van der Waals surface area contributed by atoms with Crippen molar-refractivity contribution < 1.29 is 9.84 Å². The number of halogens is 1. The second-order valence-corrected chi connectivity index (χ2v) is 10.7. The summed E-state index contributed by atoms with van der Waals surface area (Å²) < 4.78 is 6.00. The summed E-state index contributed by atoms with van der Waals surface area (Å²) in [5.74, 6) is 1.20. The predicted octanol–water partition coefficient (Wildman–Crippen LogP) is 6.68. The molecule has 0 bridgehead atoms. The van der Waals surface area contributed by atoms with Gasteiger partial charge in [0.2, 0.25) is 0 Å². The highest BCUT2D eigenvalue weighted by atomic mass is 35.5. The van der Waals surface area contributed by atoms with Gasteiger partial charge in [0, 0.05) is 18.1 Å². The van der Waals surface area contributed by atoms with Crippen molar-refractivity contribution in [3.8, 4) is 22.6 Å². The average Bonchev–Trinajstić information content (AvgIpc) is 3.59. The van der Waals surface area contributed by atoms with Gasteiger partial charge in [-0.3, -0.25) is 9.80 Å². The molecule has 190 valence electrons. The minimum absolute atomic E-state index is 0.318. The summed E-state index contributed by atoms with van der Waals surface area (Å²) >= 11 is 6.70. The van der Waals surface area contributed by atoms with Crippen molar-refractivity contribution in [2.24, 2.45) is 0 Å². The van der Waals surface area contributed by atoms with Crippen LogP contribution in [0.4, 0.5) is 0 Å². The number of hydrogen-bond acceptors (Lipinski definition) is 4. The monoisotopic (exact) mass is 504 g/mol. The Hall–Kier alpha value is -2.53. The number of rotatable bonds is 9. The smallest absolute Gasteiger partial charge is 0.119 e. The minimum atomic E-state index is 0.318. The van der Waals surface area contributed by atoms with Crippen LogP contribution >= 0.6 is 11.6 Å². The van der Waals surface area contributed by atoms with Crippen LogP contribution in [0.5, 0.6) is 11.5 Å². The molecule has 0 amide bonds. The van der Waals surface area contributed by atoms with E-state index in [4.69, 9.17) is 16.3 Å². The maximum atomic E-state index is 10.5. The molecule has 5 rings (SSSR count). The van der Waals surface area contributed by atoms with Crippen molar-refractivity contribution in [1.82, 2.24) is 9.80 Å². The van der Waals surface area contributed by atoms with Crippen LogP contribution in [0.1, 0.15) is 47.9 Å². The van der Waals surface area contributed by atoms with Crippen molar-refractivity contribution in [1.29, 1.82) is 0 Å². The maximum absolute atomic E-state index is 10.5. The number of phenolic OH excluding ortho intramolecular Hbond substituents is 1. The van der Waals surface area contributed by atoms with Gasteiger partial charge in [0.1, 0.15) is 18.1 Å². The van der Waals surface area contributed by atoms with Gasteiger partial charge in [-0.05, 0) is 123 Å². The van der Waals surface area contributed by atoms with Crippen LogP contribution in [0.15, 0.2) is 54.6 Å². The van der Waals surface area contributed by atoms with E-state index in [0.717, 1.165) is 60.1 Å². The predicted molar refractivity (Wildman–Crippen MR) is 148 cm³/mol. The van der Waals surface area contributed by atoms with Crippen molar-refractivity contribution in [2.45, 2.75) is 45.6 Å². The quantitative estimate of drug-likeness (QED) is 0.352. The summed E-state index contributed by atoms with van der Waals surface area (Å²) in [4.78, 5) is 4.93. The summed E-state index contributed by atoms with van der Waals surface area (Å²) in [6.45, 7) is 9.31. The van der Waals surface area contributed by atoms with Gasteiger partial charge in [-0.2, -0.15) is 0 Å². The zero-order valence-corrected chi connectivity index (χ0v) is 22.1. The molecule has 36 heavy (non-hydrogen) atoms. The van der Waals surface area contributed by atoms with Crippen LogP contribution in [-0.4, -0.2) is 54.2 Å². The van der Waals surface area contributed by atoms with E-state index in [1.165, 1.54) is 55.5 Å². The Balaban J connectivity index is 1.30. The second kappa shape index (κ2) is 11.7. The Morgan fingerprint density at radius 3 is 2.19 bits per heavy atom. The molecular formula is C31H37ClN2O2. The number of likely N-dealkylation sites (tertiary alicyclic amines) is 2. The molecule has 0 spiro atoms. The van der Waals surface area contributed by atoms with Crippen molar-refractivity contribution in [2.75, 3.05) is 39.3 Å². The fourth-order valence-corrected chi connectivity index (χ4v) is 5.82. The molecule has 4 nitrogen and oxygen atoms in total. The first-order chi connectivity index (χ1) is 17.6. The molecule has 0 unspecified atom stereocenters. The lowest BCUT2D eigenvalue weighted by molar-refractivity contribution is 0.238. The van der Waals surface area contributed by atoms with Gasteiger partial charge in [-0.1, -0.05) is 41.9 Å². The Kier molecular flexibility index (Phi) is 8.15. The van der Waals surface area contributed by atoms with Gasteiger partial charge < -0.3 is 9.84 Å². The van der Waals surface area contributed by atoms with Gasteiger partial charge in [0.15, 0.2) is 0 Å². The Bertz CT molecular complexity index is 1170. The van der Waals surface area contributed by atoms with E-state index < -0.39 is 0 Å². The highest BCUT2D eigenvalue weighted by molar-refractivity contribution is 6.31. The molecule has 2 fully saturated rings. The first-order valence-corrected chi connectivity index (χ1v) is 13.7. The number of benzene rings is 3. The zero-order chi connectivity index (χ0) is 24.9. The van der Waals surface area contributed by atoms with Crippen LogP contribution in [0.25, 0.3) is 11.1 Å². The van der Waals surface area contributed by atoms with E-state index in [1.54, 1.807) is 6.07 Å². The van der Waals surface area contributed by atoms with Gasteiger partial charge in [0.05, 0.1) is 0 Å². The molecule has 0 atom stereocenters. The highest BCUT2D eigenvalue weighted by Gasteiger charge is 2.16. The lowest BCUT2D eigenvalue weighted by Gasteiger charge is -2.18. The number of phenols is 1. The summed E-state index contributed by atoms with van der Waals surface area (Å²) in [6.07, 6.45) is 5.92. The van der Waals surface area contributed by atoms with Gasteiger partial charge >= 0.3 is 0 Å². The average molecular weight is 505 g/mol. The summed E-state index contributed by atoms with van der Waals surface area (Å²) in [5, 5.41) is 11.3. The van der Waals surface area contributed by atoms with E-state index in [-0.39, 0.29) is 0 Å². The molecule has 2 saturated heterocycles. The molecule has 5 heteroatoms. The van der Waals surface area contributed by atoms with Crippen molar-refractivity contribution in [3.63, 3.8) is 0 Å². The lowest BCUT2D eigenvalue weighted by Crippen LogP contribution is -2.25. The fourth-order valence-electron chi connectivity index (χ4n) is 5.55. The molecule has 3 aromatic carbocycles. The fraction of sp³-hybridized carbons (Fsp3) is 0.419.